The number of fused-ring (bicyclic) bond motifs is 1. The average Bonchev–Trinajstić information content (AvgIpc) is 2.85. The summed E-state index contributed by atoms with van der Waals surface area (Å²) >= 11 is 0. The first kappa shape index (κ1) is 14.1. The molecule has 1 aromatic carbocycles. The highest BCUT2D eigenvalue weighted by atomic mass is 16.4. The molecule has 0 saturated heterocycles. The van der Waals surface area contributed by atoms with E-state index in [9.17, 15) is 9.90 Å². The van der Waals surface area contributed by atoms with Crippen LogP contribution in [-0.4, -0.2) is 20.5 Å². The highest BCUT2D eigenvalue weighted by Gasteiger charge is 2.16. The van der Waals surface area contributed by atoms with Crippen LogP contribution in [0.15, 0.2) is 42.6 Å². The SMILES string of the molecule is CCCc1ccc(-c2nc3c(C(=O)O)cccn3c2N)cc1. The number of nitrogens with two attached hydrogens (primary N) is 1. The fraction of sp³-hybridized carbons (Fsp3) is 0.176. The predicted octanol–water partition coefficient (Wildman–Crippen LogP) is 3.23. The largest absolute Gasteiger partial charge is 0.478 e. The van der Waals surface area contributed by atoms with Crippen molar-refractivity contribution >= 4 is 17.4 Å². The van der Waals surface area contributed by atoms with E-state index in [2.05, 4.69) is 24.0 Å². The first-order chi connectivity index (χ1) is 10.6. The summed E-state index contributed by atoms with van der Waals surface area (Å²) in [7, 11) is 0. The Morgan fingerprint density at radius 3 is 2.64 bits per heavy atom. The molecule has 3 rings (SSSR count). The average molecular weight is 295 g/mol. The van der Waals surface area contributed by atoms with E-state index in [0.717, 1.165) is 18.4 Å². The summed E-state index contributed by atoms with van der Waals surface area (Å²) in [6.45, 7) is 2.14. The number of nitrogens with zero attached hydrogens (tertiary/aromatic N) is 2. The number of imidazole rings is 1. The van der Waals surface area contributed by atoms with Crippen LogP contribution in [0.25, 0.3) is 16.9 Å². The third-order valence-electron chi connectivity index (χ3n) is 3.68. The van der Waals surface area contributed by atoms with Gasteiger partial charge in [-0.1, -0.05) is 37.6 Å². The van der Waals surface area contributed by atoms with Crippen LogP contribution in [0.5, 0.6) is 0 Å². The number of benzene rings is 1. The van der Waals surface area contributed by atoms with E-state index in [1.807, 2.05) is 12.1 Å². The molecule has 22 heavy (non-hydrogen) atoms. The van der Waals surface area contributed by atoms with Crippen molar-refractivity contribution in [3.05, 3.63) is 53.7 Å². The monoisotopic (exact) mass is 295 g/mol. The summed E-state index contributed by atoms with van der Waals surface area (Å²) in [5.74, 6) is -0.568. The minimum absolute atomic E-state index is 0.142. The molecule has 5 nitrogen and oxygen atoms in total. The second-order valence-corrected chi connectivity index (χ2v) is 5.21. The molecular weight excluding hydrogens is 278 g/mol. The molecule has 0 aliphatic carbocycles. The van der Waals surface area contributed by atoms with Crippen molar-refractivity contribution in [2.75, 3.05) is 5.73 Å². The third-order valence-corrected chi connectivity index (χ3v) is 3.68. The Morgan fingerprint density at radius 1 is 1.27 bits per heavy atom. The van der Waals surface area contributed by atoms with E-state index in [1.54, 1.807) is 16.7 Å². The molecule has 0 aliphatic heterocycles. The van der Waals surface area contributed by atoms with Crippen molar-refractivity contribution in [3.8, 4) is 11.3 Å². The van der Waals surface area contributed by atoms with Gasteiger partial charge in [-0.05, 0) is 24.1 Å². The van der Waals surface area contributed by atoms with Gasteiger partial charge in [0.1, 0.15) is 17.1 Å². The lowest BCUT2D eigenvalue weighted by molar-refractivity contribution is 0.0698. The fourth-order valence-corrected chi connectivity index (χ4v) is 2.58. The maximum Gasteiger partial charge on any atom is 0.339 e. The fourth-order valence-electron chi connectivity index (χ4n) is 2.58. The molecule has 112 valence electrons. The number of hydrogen-bond donors (Lipinski definition) is 2. The summed E-state index contributed by atoms with van der Waals surface area (Å²) in [5.41, 5.74) is 9.41. The van der Waals surface area contributed by atoms with Gasteiger partial charge in [0.15, 0.2) is 5.65 Å². The molecule has 0 saturated carbocycles. The van der Waals surface area contributed by atoms with Gasteiger partial charge in [0.25, 0.3) is 0 Å². The Morgan fingerprint density at radius 2 is 2.00 bits per heavy atom. The van der Waals surface area contributed by atoms with E-state index in [0.29, 0.717) is 17.2 Å². The molecule has 2 aromatic heterocycles. The third kappa shape index (κ3) is 2.30. The molecular formula is C17H17N3O2. The van der Waals surface area contributed by atoms with Crippen molar-refractivity contribution in [3.63, 3.8) is 0 Å². The van der Waals surface area contributed by atoms with Crippen molar-refractivity contribution < 1.29 is 9.90 Å². The lowest BCUT2D eigenvalue weighted by atomic mass is 10.1. The van der Waals surface area contributed by atoms with E-state index >= 15 is 0 Å². The normalized spacial score (nSPS) is 11.0. The first-order valence-corrected chi connectivity index (χ1v) is 7.21. The van der Waals surface area contributed by atoms with Crippen LogP contribution in [-0.2, 0) is 6.42 Å². The van der Waals surface area contributed by atoms with Gasteiger partial charge in [0.2, 0.25) is 0 Å². The summed E-state index contributed by atoms with van der Waals surface area (Å²) in [6, 6.07) is 11.2. The zero-order chi connectivity index (χ0) is 15.7. The van der Waals surface area contributed by atoms with E-state index in [1.165, 1.54) is 11.6 Å². The lowest BCUT2D eigenvalue weighted by Gasteiger charge is -2.02. The predicted molar refractivity (Wildman–Crippen MR) is 86.0 cm³/mol. The Bertz CT molecular complexity index is 835. The van der Waals surface area contributed by atoms with Crippen molar-refractivity contribution in [2.24, 2.45) is 0 Å². The number of anilines is 1. The Balaban J connectivity index is 2.13. The van der Waals surface area contributed by atoms with Gasteiger partial charge in [-0.15, -0.1) is 0 Å². The molecule has 0 fully saturated rings. The van der Waals surface area contributed by atoms with Crippen LogP contribution < -0.4 is 5.73 Å². The number of carboxylic acid groups (broad SMARTS) is 1. The van der Waals surface area contributed by atoms with Gasteiger partial charge in [0.05, 0.1) is 0 Å². The van der Waals surface area contributed by atoms with Crippen LogP contribution in [0.3, 0.4) is 0 Å². The van der Waals surface area contributed by atoms with Crippen molar-refractivity contribution in [2.45, 2.75) is 19.8 Å². The molecule has 0 bridgehead atoms. The molecule has 2 heterocycles. The summed E-state index contributed by atoms with van der Waals surface area (Å²) in [4.78, 5) is 15.7. The highest BCUT2D eigenvalue weighted by molar-refractivity contribution is 5.95. The molecule has 0 amide bonds. The second kappa shape index (κ2) is 5.52. The van der Waals surface area contributed by atoms with Crippen molar-refractivity contribution in [1.82, 2.24) is 9.38 Å². The molecule has 5 heteroatoms. The van der Waals surface area contributed by atoms with Gasteiger partial charge in [-0.3, -0.25) is 4.40 Å². The van der Waals surface area contributed by atoms with Crippen LogP contribution in [0, 0.1) is 0 Å². The minimum atomic E-state index is -1.01. The Kier molecular flexibility index (Phi) is 3.55. The maximum absolute atomic E-state index is 11.3. The second-order valence-electron chi connectivity index (χ2n) is 5.21. The van der Waals surface area contributed by atoms with E-state index < -0.39 is 5.97 Å². The number of carboxylic acids is 1. The first-order valence-electron chi connectivity index (χ1n) is 7.21. The summed E-state index contributed by atoms with van der Waals surface area (Å²) in [5, 5.41) is 9.25. The number of carbonyl (C=O) groups is 1. The summed E-state index contributed by atoms with van der Waals surface area (Å²) in [6.07, 6.45) is 3.85. The summed E-state index contributed by atoms with van der Waals surface area (Å²) < 4.78 is 1.61. The smallest absolute Gasteiger partial charge is 0.339 e. The Hall–Kier alpha value is -2.82. The molecule has 0 spiro atoms. The van der Waals surface area contributed by atoms with Crippen LogP contribution in [0.2, 0.25) is 0 Å². The number of nitrogen functional groups attached to an aromatic ring is 1. The number of rotatable bonds is 4. The number of hydrogen-bond acceptors (Lipinski definition) is 3. The number of pyridine rings is 1. The standard InChI is InChI=1S/C17H17N3O2/c1-2-4-11-6-8-12(9-7-11)14-15(18)20-10-3-5-13(17(21)22)16(20)19-14/h3,5-10H,2,4,18H2,1H3,(H,21,22). The molecule has 3 aromatic rings. The molecule has 0 radical (unpaired) electrons. The Labute approximate surface area is 128 Å². The highest BCUT2D eigenvalue weighted by Crippen LogP contribution is 2.28. The van der Waals surface area contributed by atoms with Gasteiger partial charge in [0, 0.05) is 11.8 Å². The maximum atomic E-state index is 11.3. The number of aryl methyl sites for hydroxylation is 1. The van der Waals surface area contributed by atoms with Crippen LogP contribution in [0.1, 0.15) is 29.3 Å². The van der Waals surface area contributed by atoms with Gasteiger partial charge >= 0.3 is 5.97 Å². The zero-order valence-corrected chi connectivity index (χ0v) is 12.3. The quantitative estimate of drug-likeness (QED) is 0.774. The lowest BCUT2D eigenvalue weighted by Crippen LogP contribution is -2.01. The van der Waals surface area contributed by atoms with Gasteiger partial charge in [-0.2, -0.15) is 0 Å². The van der Waals surface area contributed by atoms with Crippen molar-refractivity contribution in [1.29, 1.82) is 0 Å². The zero-order valence-electron chi connectivity index (χ0n) is 12.3. The van der Waals surface area contributed by atoms with E-state index in [4.69, 9.17) is 5.73 Å². The van der Waals surface area contributed by atoms with Gasteiger partial charge in [-0.25, -0.2) is 9.78 Å². The van der Waals surface area contributed by atoms with Crippen LogP contribution in [0.4, 0.5) is 5.82 Å². The molecule has 3 N–H and O–H groups in total. The number of aromatic nitrogens is 2. The van der Waals surface area contributed by atoms with E-state index in [-0.39, 0.29) is 5.56 Å². The molecule has 0 aliphatic rings. The van der Waals surface area contributed by atoms with Crippen LogP contribution >= 0.6 is 0 Å². The van der Waals surface area contributed by atoms with Gasteiger partial charge < -0.3 is 10.8 Å². The molecule has 0 unspecified atom stereocenters. The number of aromatic carboxylic acids is 1. The topological polar surface area (TPSA) is 80.6 Å². The minimum Gasteiger partial charge on any atom is -0.478 e. The molecule has 0 atom stereocenters.